The van der Waals surface area contributed by atoms with Gasteiger partial charge in [0.05, 0.1) is 0 Å². The first-order chi connectivity index (χ1) is 1.00. The van der Waals surface area contributed by atoms with E-state index in [0.29, 0.717) is 0 Å². The Morgan fingerprint density at radius 2 is 0.778 bits per heavy atom. The molecule has 0 fully saturated rings. The minimum atomic E-state index is 0. The predicted molar refractivity (Wildman–Crippen MR) is 15.2 cm³/mol. The van der Waals surface area contributed by atoms with Crippen LogP contribution in [0.15, 0.2) is 0 Å². The molecule has 0 saturated carbocycles. The van der Waals surface area contributed by atoms with E-state index in [1.165, 1.54) is 16.2 Å². The van der Waals surface area contributed by atoms with Gasteiger partial charge in [-0.15, -0.1) is 24.8 Å². The fourth-order valence-electron chi connectivity index (χ4n) is 0. The van der Waals surface area contributed by atoms with E-state index in [1.807, 2.05) is 0 Å². The zero-order chi connectivity index (χ0) is 2.00. The third-order valence-corrected chi connectivity index (χ3v) is 0. The van der Waals surface area contributed by atoms with Gasteiger partial charge in [-0.3, -0.25) is 0 Å². The molecule has 0 aromatic carbocycles. The van der Waals surface area contributed by atoms with Gasteiger partial charge in [0.2, 0.25) is 0 Å². The predicted octanol–water partition coefficient (Wildman–Crippen LogP) is -8.27. The van der Waals surface area contributed by atoms with Crippen molar-refractivity contribution >= 4 is 24.8 Å². The second kappa shape index (κ2) is 130. The van der Waals surface area contributed by atoms with Gasteiger partial charge in [-0.05, 0) is 0 Å². The van der Waals surface area contributed by atoms with Crippen LogP contribution in [0.2, 0.25) is 0 Å². The molecule has 0 heterocycles. The van der Waals surface area contributed by atoms with Gasteiger partial charge in [0, 0.05) is 17.4 Å². The quantitative estimate of drug-likeness (QED) is 0.424. The molecule has 0 aromatic heterocycles. The van der Waals surface area contributed by atoms with Crippen molar-refractivity contribution in [2.75, 3.05) is 0 Å². The van der Waals surface area contributed by atoms with Crippen molar-refractivity contribution in [2.45, 2.75) is 0 Å². The molecular formula is H2Cl5Cr3O-. The Hall–Kier alpha value is 2.85. The molecule has 62 valence electrons. The van der Waals surface area contributed by atoms with Crippen LogP contribution in [-0.4, -0.2) is 0 Å². The van der Waals surface area contributed by atoms with Crippen LogP contribution < -0.4 is 37.2 Å². The molecule has 0 rings (SSSR count). The van der Waals surface area contributed by atoms with E-state index in [1.54, 1.807) is 0 Å². The van der Waals surface area contributed by atoms with Crippen molar-refractivity contribution in [3.05, 3.63) is 0 Å². The molecule has 0 N–H and O–H groups in total. The molecule has 1 nitrogen and oxygen atoms in total. The molecule has 9 heavy (non-hydrogen) atoms. The van der Waals surface area contributed by atoms with Crippen molar-refractivity contribution < 1.29 is 92.0 Å². The van der Waals surface area contributed by atoms with E-state index in [-0.39, 0.29) is 96.8 Å². The van der Waals surface area contributed by atoms with E-state index >= 15 is 0 Å². The fraction of sp³-hybridized carbons (Fsp3) is 0. The van der Waals surface area contributed by atoms with Crippen molar-refractivity contribution in [1.82, 2.24) is 0 Å². The Labute approximate surface area is 115 Å². The summed E-state index contributed by atoms with van der Waals surface area (Å²) < 4.78 is 8.12. The van der Waals surface area contributed by atoms with Crippen molar-refractivity contribution in [1.29, 1.82) is 0 Å². The summed E-state index contributed by atoms with van der Waals surface area (Å²) in [7, 11) is 0. The van der Waals surface area contributed by atoms with Crippen LogP contribution in [-0.2, 0) is 54.8 Å². The maximum absolute atomic E-state index is 8.12. The molecule has 0 aromatic rings. The topological polar surface area (TPSA) is 17.1 Å². The first-order valence-corrected chi connectivity index (χ1v) is 0.687. The van der Waals surface area contributed by atoms with E-state index < -0.39 is 0 Å². The number of halogens is 5. The molecule has 0 unspecified atom stereocenters. The molecule has 0 radical (unpaired) electrons. The van der Waals surface area contributed by atoms with Gasteiger partial charge in [0.15, 0.2) is 0 Å². The molecule has 9 heteroatoms. The number of hydrogen-bond acceptors (Lipinski definition) is 1. The van der Waals surface area contributed by atoms with E-state index in [4.69, 9.17) is 3.80 Å². The summed E-state index contributed by atoms with van der Waals surface area (Å²) in [6, 6.07) is 0. The normalized spacial score (nSPS) is 0.444. The summed E-state index contributed by atoms with van der Waals surface area (Å²) in [4.78, 5) is 0. The molecule has 0 atom stereocenters. The van der Waals surface area contributed by atoms with Gasteiger partial charge < -0.3 is 37.2 Å². The zero-order valence-corrected chi connectivity index (χ0v) is 11.3. The zero-order valence-electron chi connectivity index (χ0n) is 3.58. The summed E-state index contributed by atoms with van der Waals surface area (Å²) in [5.74, 6) is 0. The Morgan fingerprint density at radius 3 is 0.778 bits per heavy atom. The standard InChI is InChI=1S/5ClH.3Cr.O/h5*1H;;;;/q;;;;;;;+2;/p-3. The summed E-state index contributed by atoms with van der Waals surface area (Å²) in [5, 5.41) is 0. The summed E-state index contributed by atoms with van der Waals surface area (Å²) in [6.07, 6.45) is 0. The van der Waals surface area contributed by atoms with Crippen LogP contribution in [0.3, 0.4) is 0 Å². The number of hydrogen-bond donors (Lipinski definition) is 0. The van der Waals surface area contributed by atoms with Gasteiger partial charge in [-0.25, -0.2) is 0 Å². The first kappa shape index (κ1) is 94.2. The third kappa shape index (κ3) is 105. The summed E-state index contributed by atoms with van der Waals surface area (Å²) >= 11 is 1.38. The van der Waals surface area contributed by atoms with Crippen molar-refractivity contribution in [2.24, 2.45) is 0 Å². The van der Waals surface area contributed by atoms with Crippen molar-refractivity contribution in [3.8, 4) is 0 Å². The first-order valence-electron chi connectivity index (χ1n) is 0.167. The summed E-state index contributed by atoms with van der Waals surface area (Å²) in [5.41, 5.74) is 0. The molecule has 0 amide bonds. The Kier molecular flexibility index (Phi) is 1360. The van der Waals surface area contributed by atoms with Gasteiger partial charge in [-0.2, -0.15) is 0 Å². The van der Waals surface area contributed by atoms with Crippen molar-refractivity contribution in [3.63, 3.8) is 0 Å². The van der Waals surface area contributed by atoms with Crippen LogP contribution in [0.1, 0.15) is 0 Å². The van der Waals surface area contributed by atoms with E-state index in [0.717, 1.165) is 0 Å². The van der Waals surface area contributed by atoms with Gasteiger partial charge in [0.25, 0.3) is 0 Å². The van der Waals surface area contributed by atoms with Gasteiger partial charge in [-0.1, -0.05) is 0 Å². The van der Waals surface area contributed by atoms with Crippen LogP contribution in [0.25, 0.3) is 0 Å². The second-order valence-electron chi connectivity index (χ2n) is 0. The third-order valence-electron chi connectivity index (χ3n) is 0. The maximum atomic E-state index is 8.12. The van der Waals surface area contributed by atoms with E-state index in [9.17, 15) is 0 Å². The Balaban J connectivity index is -0.000000000238. The molecular weight excluding hydrogens is 349 g/mol. The fourth-order valence-corrected chi connectivity index (χ4v) is 0. The average molecular weight is 351 g/mol. The van der Waals surface area contributed by atoms with Gasteiger partial charge >= 0.3 is 37.4 Å². The molecule has 0 aliphatic carbocycles. The molecule has 0 bridgehead atoms. The van der Waals surface area contributed by atoms with E-state index in [2.05, 4.69) is 0 Å². The number of rotatable bonds is 0. The van der Waals surface area contributed by atoms with Crippen LogP contribution >= 0.6 is 24.8 Å². The summed E-state index contributed by atoms with van der Waals surface area (Å²) in [6.45, 7) is 0. The second-order valence-corrected chi connectivity index (χ2v) is 0. The molecule has 0 aliphatic rings. The molecule has 0 spiro atoms. The molecule has 0 aliphatic heterocycles. The monoisotopic (exact) mass is 349 g/mol. The van der Waals surface area contributed by atoms with Crippen LogP contribution in [0.4, 0.5) is 0 Å². The molecule has 0 saturated heterocycles. The average Bonchev–Trinajstić information content (AvgIpc) is 1.00. The minimum absolute atomic E-state index is 0. The SMILES string of the molecule is Cl.Cl.[Cl-].[Cl-].[Cl-].[Cr+2].[Cr].[O]=[Cr]. The Bertz CT molecular complexity index is 12.2. The van der Waals surface area contributed by atoms with Crippen LogP contribution in [0.5, 0.6) is 0 Å². The Morgan fingerprint density at radius 1 is 0.778 bits per heavy atom. The van der Waals surface area contributed by atoms with Gasteiger partial charge in [0.1, 0.15) is 0 Å². The van der Waals surface area contributed by atoms with Crippen LogP contribution in [0, 0.1) is 0 Å².